The van der Waals surface area contributed by atoms with Crippen LogP contribution < -0.4 is 5.32 Å². The highest BCUT2D eigenvalue weighted by Gasteiger charge is 2.20. The highest BCUT2D eigenvalue weighted by molar-refractivity contribution is 6.34. The number of carbonyl (C=O) groups excluding carboxylic acids is 1. The first-order valence-corrected chi connectivity index (χ1v) is 8.15. The van der Waals surface area contributed by atoms with Crippen molar-refractivity contribution in [3.05, 3.63) is 64.4 Å². The van der Waals surface area contributed by atoms with E-state index in [0.29, 0.717) is 12.2 Å². The van der Waals surface area contributed by atoms with Gasteiger partial charge >= 0.3 is 0 Å². The Morgan fingerprint density at radius 2 is 2.17 bits per heavy atom. The van der Waals surface area contributed by atoms with E-state index in [2.05, 4.69) is 10.2 Å². The molecule has 1 fully saturated rings. The Morgan fingerprint density at radius 1 is 1.33 bits per heavy atom. The zero-order valence-corrected chi connectivity index (χ0v) is 13.8. The molecule has 1 atom stereocenters. The fraction of sp³-hybridized carbons (Fsp3) is 0.278. The van der Waals surface area contributed by atoms with Crippen LogP contribution in [0.5, 0.6) is 0 Å². The first kappa shape index (κ1) is 16.9. The fourth-order valence-electron chi connectivity index (χ4n) is 2.83. The number of rotatable bonds is 4. The molecule has 0 bridgehead atoms. The van der Waals surface area contributed by atoms with Crippen LogP contribution in [-0.2, 0) is 6.54 Å². The number of anilines is 1. The summed E-state index contributed by atoms with van der Waals surface area (Å²) in [5.74, 6) is -0.861. The molecule has 126 valence electrons. The molecule has 24 heavy (non-hydrogen) atoms. The van der Waals surface area contributed by atoms with Crippen LogP contribution in [0.15, 0.2) is 42.5 Å². The van der Waals surface area contributed by atoms with Crippen LogP contribution in [0.1, 0.15) is 22.3 Å². The van der Waals surface area contributed by atoms with Crippen molar-refractivity contribution in [1.29, 1.82) is 0 Å². The van der Waals surface area contributed by atoms with Crippen LogP contribution in [-0.4, -0.2) is 35.1 Å². The van der Waals surface area contributed by atoms with Gasteiger partial charge in [0.1, 0.15) is 5.82 Å². The Kier molecular flexibility index (Phi) is 5.14. The summed E-state index contributed by atoms with van der Waals surface area (Å²) in [6.07, 6.45) is 0.535. The molecule has 2 aromatic rings. The molecule has 1 aliphatic rings. The highest BCUT2D eigenvalue weighted by atomic mass is 35.5. The third kappa shape index (κ3) is 4.12. The van der Waals surface area contributed by atoms with Crippen molar-refractivity contribution < 1.29 is 14.3 Å². The lowest BCUT2D eigenvalue weighted by Gasteiger charge is -2.15. The molecule has 1 saturated heterocycles. The van der Waals surface area contributed by atoms with Crippen LogP contribution in [0.3, 0.4) is 0 Å². The number of halogens is 2. The van der Waals surface area contributed by atoms with Gasteiger partial charge in [-0.25, -0.2) is 4.39 Å². The monoisotopic (exact) mass is 348 g/mol. The third-order valence-electron chi connectivity index (χ3n) is 4.01. The lowest BCUT2D eigenvalue weighted by molar-refractivity contribution is 0.102. The zero-order valence-electron chi connectivity index (χ0n) is 13.0. The van der Waals surface area contributed by atoms with Crippen molar-refractivity contribution in [3.63, 3.8) is 0 Å². The summed E-state index contributed by atoms with van der Waals surface area (Å²) < 4.78 is 13.1. The molecule has 1 heterocycles. The number of aliphatic hydroxyl groups is 1. The van der Waals surface area contributed by atoms with Gasteiger partial charge in [-0.3, -0.25) is 9.69 Å². The predicted molar refractivity (Wildman–Crippen MR) is 91.7 cm³/mol. The first-order chi connectivity index (χ1) is 11.5. The number of amides is 1. The van der Waals surface area contributed by atoms with Gasteiger partial charge in [0.15, 0.2) is 0 Å². The number of hydrogen-bond acceptors (Lipinski definition) is 3. The molecule has 0 spiro atoms. The Bertz CT molecular complexity index is 754. The summed E-state index contributed by atoms with van der Waals surface area (Å²) in [4.78, 5) is 14.5. The van der Waals surface area contributed by atoms with Gasteiger partial charge < -0.3 is 10.4 Å². The zero-order chi connectivity index (χ0) is 17.1. The summed E-state index contributed by atoms with van der Waals surface area (Å²) in [5, 5.41) is 12.4. The standard InChI is InChI=1S/C18H18ClFN2O2/c19-17-9-13(20)4-5-16(17)18(24)21-14-3-1-2-12(8-14)10-22-7-6-15(23)11-22/h1-5,8-9,15,23H,6-7,10-11H2,(H,21,24). The van der Waals surface area contributed by atoms with Gasteiger partial charge in [-0.05, 0) is 42.3 Å². The van der Waals surface area contributed by atoms with Gasteiger partial charge in [0.2, 0.25) is 0 Å². The Hall–Kier alpha value is -1.95. The van der Waals surface area contributed by atoms with E-state index in [1.165, 1.54) is 12.1 Å². The van der Waals surface area contributed by atoms with Crippen LogP contribution >= 0.6 is 11.6 Å². The number of carbonyl (C=O) groups is 1. The molecule has 0 radical (unpaired) electrons. The summed E-state index contributed by atoms with van der Waals surface area (Å²) in [5.41, 5.74) is 1.93. The second kappa shape index (κ2) is 7.30. The minimum atomic E-state index is -0.480. The number of likely N-dealkylation sites (tertiary alicyclic amines) is 1. The number of nitrogens with one attached hydrogen (secondary N) is 1. The van der Waals surface area contributed by atoms with E-state index >= 15 is 0 Å². The molecule has 1 unspecified atom stereocenters. The van der Waals surface area contributed by atoms with E-state index in [1.54, 1.807) is 6.07 Å². The van der Waals surface area contributed by atoms with Crippen molar-refractivity contribution >= 4 is 23.2 Å². The van der Waals surface area contributed by atoms with Crippen molar-refractivity contribution in [1.82, 2.24) is 4.90 Å². The molecule has 2 N–H and O–H groups in total. The van der Waals surface area contributed by atoms with E-state index in [0.717, 1.165) is 31.1 Å². The van der Waals surface area contributed by atoms with Gasteiger partial charge in [-0.15, -0.1) is 0 Å². The maximum atomic E-state index is 13.1. The normalized spacial score (nSPS) is 17.9. The van der Waals surface area contributed by atoms with E-state index in [1.807, 2.05) is 18.2 Å². The Labute approximate surface area is 144 Å². The van der Waals surface area contributed by atoms with Gasteiger partial charge in [-0.2, -0.15) is 0 Å². The Morgan fingerprint density at radius 3 is 2.88 bits per heavy atom. The quantitative estimate of drug-likeness (QED) is 0.891. The maximum absolute atomic E-state index is 13.1. The van der Waals surface area contributed by atoms with Crippen molar-refractivity contribution in [3.8, 4) is 0 Å². The molecule has 1 aliphatic heterocycles. The average molecular weight is 349 g/mol. The van der Waals surface area contributed by atoms with Crippen LogP contribution in [0.4, 0.5) is 10.1 Å². The van der Waals surface area contributed by atoms with E-state index in [-0.39, 0.29) is 22.6 Å². The number of benzene rings is 2. The van der Waals surface area contributed by atoms with Crippen molar-refractivity contribution in [2.75, 3.05) is 18.4 Å². The Balaban J connectivity index is 1.68. The summed E-state index contributed by atoms with van der Waals surface area (Å²) in [6, 6.07) is 11.2. The molecule has 4 nitrogen and oxygen atoms in total. The summed E-state index contributed by atoms with van der Waals surface area (Å²) in [6.45, 7) is 2.25. The maximum Gasteiger partial charge on any atom is 0.257 e. The second-order valence-corrected chi connectivity index (χ2v) is 6.36. The van der Waals surface area contributed by atoms with Crippen molar-refractivity contribution in [2.24, 2.45) is 0 Å². The molecule has 6 heteroatoms. The van der Waals surface area contributed by atoms with Gasteiger partial charge in [-0.1, -0.05) is 23.7 Å². The molecule has 2 aromatic carbocycles. The third-order valence-corrected chi connectivity index (χ3v) is 4.33. The van der Waals surface area contributed by atoms with Crippen molar-refractivity contribution in [2.45, 2.75) is 19.1 Å². The predicted octanol–water partition coefficient (Wildman–Crippen LogP) is 3.30. The molecule has 0 saturated carbocycles. The molecule has 1 amide bonds. The number of aliphatic hydroxyl groups excluding tert-OH is 1. The molecular weight excluding hydrogens is 331 g/mol. The average Bonchev–Trinajstić information content (AvgIpc) is 2.92. The molecular formula is C18H18ClFN2O2. The molecule has 3 rings (SSSR count). The van der Waals surface area contributed by atoms with Gasteiger partial charge in [0, 0.05) is 25.3 Å². The topological polar surface area (TPSA) is 52.6 Å². The summed E-state index contributed by atoms with van der Waals surface area (Å²) >= 11 is 5.92. The van der Waals surface area contributed by atoms with E-state index < -0.39 is 5.82 Å². The van der Waals surface area contributed by atoms with E-state index in [9.17, 15) is 14.3 Å². The van der Waals surface area contributed by atoms with Crippen LogP contribution in [0.2, 0.25) is 5.02 Å². The minimum absolute atomic E-state index is 0.0784. The lowest BCUT2D eigenvalue weighted by atomic mass is 10.1. The lowest BCUT2D eigenvalue weighted by Crippen LogP contribution is -2.21. The molecule has 0 aromatic heterocycles. The number of β-amino-alcohol motifs (C(OH)–C–C–N with tert-alkyl or cyclic N) is 1. The van der Waals surface area contributed by atoms with Crippen LogP contribution in [0.25, 0.3) is 0 Å². The van der Waals surface area contributed by atoms with Gasteiger partial charge in [0.25, 0.3) is 5.91 Å². The second-order valence-electron chi connectivity index (χ2n) is 5.96. The number of hydrogen-bond donors (Lipinski definition) is 2. The highest BCUT2D eigenvalue weighted by Crippen LogP contribution is 2.20. The van der Waals surface area contributed by atoms with Gasteiger partial charge in [0.05, 0.1) is 16.7 Å². The SMILES string of the molecule is O=C(Nc1cccc(CN2CCC(O)C2)c1)c1ccc(F)cc1Cl. The molecule has 0 aliphatic carbocycles. The van der Waals surface area contributed by atoms with E-state index in [4.69, 9.17) is 11.6 Å². The van der Waals surface area contributed by atoms with Crippen LogP contribution in [0, 0.1) is 5.82 Å². The smallest absolute Gasteiger partial charge is 0.257 e. The number of nitrogens with zero attached hydrogens (tertiary/aromatic N) is 1. The fourth-order valence-corrected chi connectivity index (χ4v) is 3.09. The minimum Gasteiger partial charge on any atom is -0.392 e. The summed E-state index contributed by atoms with van der Waals surface area (Å²) in [7, 11) is 0. The largest absolute Gasteiger partial charge is 0.392 e. The first-order valence-electron chi connectivity index (χ1n) is 7.77.